The van der Waals surface area contributed by atoms with Gasteiger partial charge in [0.15, 0.2) is 0 Å². The highest BCUT2D eigenvalue weighted by molar-refractivity contribution is 9.10. The Balaban J connectivity index is 2.07. The molecular weight excluding hydrogens is 358 g/mol. The molecule has 18 heavy (non-hydrogen) atoms. The molecule has 1 aliphatic rings. The van der Waals surface area contributed by atoms with Gasteiger partial charge < -0.3 is 9.80 Å². The van der Waals surface area contributed by atoms with Crippen LogP contribution in [0.4, 0.5) is 5.82 Å². The summed E-state index contributed by atoms with van der Waals surface area (Å²) in [6, 6.07) is 2.04. The van der Waals surface area contributed by atoms with Crippen LogP contribution in [-0.2, 0) is 0 Å². The van der Waals surface area contributed by atoms with Crippen LogP contribution >= 0.6 is 31.9 Å². The molecule has 5 heteroatoms. The molecule has 0 atom stereocenters. The maximum atomic E-state index is 4.53. The highest BCUT2D eigenvalue weighted by Crippen LogP contribution is 2.27. The minimum atomic E-state index is 1.05. The highest BCUT2D eigenvalue weighted by Gasteiger charge is 2.17. The average Bonchev–Trinajstić information content (AvgIpc) is 2.59. The SMILES string of the molecule is Cc1ccnc(N2CCCN(CCBr)CC2)c1Br. The molecule has 0 amide bonds. The Kier molecular flexibility index (Phi) is 5.45. The first-order valence-corrected chi connectivity index (χ1v) is 8.28. The average molecular weight is 377 g/mol. The van der Waals surface area contributed by atoms with Gasteiger partial charge in [0.05, 0.1) is 4.47 Å². The van der Waals surface area contributed by atoms with Crippen molar-refractivity contribution in [2.24, 2.45) is 0 Å². The monoisotopic (exact) mass is 375 g/mol. The zero-order chi connectivity index (χ0) is 13.0. The van der Waals surface area contributed by atoms with E-state index in [2.05, 4.69) is 53.6 Å². The third kappa shape index (κ3) is 3.45. The minimum absolute atomic E-state index is 1.05. The second-order valence-electron chi connectivity index (χ2n) is 4.64. The second-order valence-corrected chi connectivity index (χ2v) is 6.22. The molecule has 1 aromatic rings. The number of aryl methyl sites for hydroxylation is 1. The quantitative estimate of drug-likeness (QED) is 0.755. The van der Waals surface area contributed by atoms with Crippen LogP contribution in [-0.4, -0.2) is 47.9 Å². The van der Waals surface area contributed by atoms with Gasteiger partial charge in [-0.25, -0.2) is 4.98 Å². The number of anilines is 1. The molecule has 1 aliphatic heterocycles. The van der Waals surface area contributed by atoms with Gasteiger partial charge in [0, 0.05) is 37.7 Å². The molecule has 2 rings (SSSR count). The van der Waals surface area contributed by atoms with E-state index in [-0.39, 0.29) is 0 Å². The van der Waals surface area contributed by atoms with Gasteiger partial charge in [0.1, 0.15) is 5.82 Å². The minimum Gasteiger partial charge on any atom is -0.354 e. The van der Waals surface area contributed by atoms with Crippen molar-refractivity contribution in [1.29, 1.82) is 0 Å². The third-order valence-corrected chi connectivity index (χ3v) is 4.69. The number of hydrogen-bond acceptors (Lipinski definition) is 3. The standard InChI is InChI=1S/C13H19Br2N3/c1-11-3-5-16-13(12(11)15)18-7-2-6-17(8-4-14)9-10-18/h3,5H,2,4,6-10H2,1H3. The number of aromatic nitrogens is 1. The molecule has 0 N–H and O–H groups in total. The molecule has 0 radical (unpaired) electrons. The molecule has 0 unspecified atom stereocenters. The maximum Gasteiger partial charge on any atom is 0.143 e. The number of nitrogens with zero attached hydrogens (tertiary/aromatic N) is 3. The van der Waals surface area contributed by atoms with E-state index in [4.69, 9.17) is 0 Å². The zero-order valence-electron chi connectivity index (χ0n) is 10.7. The fraction of sp³-hybridized carbons (Fsp3) is 0.615. The van der Waals surface area contributed by atoms with Gasteiger partial charge in [-0.3, -0.25) is 0 Å². The van der Waals surface area contributed by atoms with E-state index >= 15 is 0 Å². The van der Waals surface area contributed by atoms with Crippen LogP contribution in [0.25, 0.3) is 0 Å². The summed E-state index contributed by atoms with van der Waals surface area (Å²) in [4.78, 5) is 9.43. The Morgan fingerprint density at radius 2 is 2.11 bits per heavy atom. The van der Waals surface area contributed by atoms with E-state index in [0.29, 0.717) is 0 Å². The molecule has 0 aliphatic carbocycles. The van der Waals surface area contributed by atoms with Gasteiger partial charge in [-0.05, 0) is 47.4 Å². The van der Waals surface area contributed by atoms with Crippen LogP contribution in [0.3, 0.4) is 0 Å². The summed E-state index contributed by atoms with van der Waals surface area (Å²) in [5.41, 5.74) is 1.25. The predicted molar refractivity (Wildman–Crippen MR) is 83.7 cm³/mol. The first kappa shape index (κ1) is 14.3. The lowest BCUT2D eigenvalue weighted by Gasteiger charge is -2.23. The Hall–Kier alpha value is -0.130. The van der Waals surface area contributed by atoms with Crippen LogP contribution in [0.2, 0.25) is 0 Å². The van der Waals surface area contributed by atoms with Gasteiger partial charge in [0.25, 0.3) is 0 Å². The Morgan fingerprint density at radius 1 is 1.28 bits per heavy atom. The fourth-order valence-electron chi connectivity index (χ4n) is 2.27. The number of hydrogen-bond donors (Lipinski definition) is 0. The summed E-state index contributed by atoms with van der Waals surface area (Å²) in [7, 11) is 0. The van der Waals surface area contributed by atoms with Gasteiger partial charge in [-0.1, -0.05) is 15.9 Å². The molecule has 0 aromatic carbocycles. The van der Waals surface area contributed by atoms with Gasteiger partial charge in [0.2, 0.25) is 0 Å². The predicted octanol–water partition coefficient (Wildman–Crippen LogP) is 3.06. The molecule has 0 bridgehead atoms. The molecule has 1 saturated heterocycles. The first-order valence-electron chi connectivity index (χ1n) is 6.36. The van der Waals surface area contributed by atoms with E-state index in [1.165, 1.54) is 18.5 Å². The van der Waals surface area contributed by atoms with Crippen molar-refractivity contribution < 1.29 is 0 Å². The molecule has 0 saturated carbocycles. The lowest BCUT2D eigenvalue weighted by Crippen LogP contribution is -2.32. The lowest BCUT2D eigenvalue weighted by atomic mass is 10.3. The zero-order valence-corrected chi connectivity index (χ0v) is 13.9. The van der Waals surface area contributed by atoms with Crippen molar-refractivity contribution in [3.63, 3.8) is 0 Å². The van der Waals surface area contributed by atoms with E-state index in [1.807, 2.05) is 12.3 Å². The molecule has 100 valence electrons. The van der Waals surface area contributed by atoms with Crippen LogP contribution in [0.1, 0.15) is 12.0 Å². The van der Waals surface area contributed by atoms with E-state index in [1.54, 1.807) is 0 Å². The van der Waals surface area contributed by atoms with E-state index in [0.717, 1.165) is 41.8 Å². The summed E-state index contributed by atoms with van der Waals surface area (Å²) in [5.74, 6) is 1.09. The van der Waals surface area contributed by atoms with Crippen LogP contribution in [0, 0.1) is 6.92 Å². The molecule has 1 fully saturated rings. The first-order chi connectivity index (χ1) is 8.72. The van der Waals surface area contributed by atoms with Crippen molar-refractivity contribution in [1.82, 2.24) is 9.88 Å². The number of pyridine rings is 1. The van der Waals surface area contributed by atoms with Crippen molar-refractivity contribution in [3.05, 3.63) is 22.3 Å². The largest absolute Gasteiger partial charge is 0.354 e. The van der Waals surface area contributed by atoms with Crippen LogP contribution in [0.15, 0.2) is 16.7 Å². The van der Waals surface area contributed by atoms with E-state index in [9.17, 15) is 0 Å². The smallest absolute Gasteiger partial charge is 0.143 e. The Labute approximate surface area is 126 Å². The molecular formula is C13H19Br2N3. The van der Waals surface area contributed by atoms with Gasteiger partial charge in [-0.15, -0.1) is 0 Å². The van der Waals surface area contributed by atoms with E-state index < -0.39 is 0 Å². The normalized spacial score (nSPS) is 17.8. The molecule has 0 spiro atoms. The van der Waals surface area contributed by atoms with Gasteiger partial charge in [-0.2, -0.15) is 0 Å². The summed E-state index contributed by atoms with van der Waals surface area (Å²) < 4.78 is 1.14. The third-order valence-electron chi connectivity index (χ3n) is 3.35. The summed E-state index contributed by atoms with van der Waals surface area (Å²) in [6.07, 6.45) is 3.10. The summed E-state index contributed by atoms with van der Waals surface area (Å²) in [5, 5.41) is 1.05. The van der Waals surface area contributed by atoms with Crippen molar-refractivity contribution in [2.75, 3.05) is 43.0 Å². The lowest BCUT2D eigenvalue weighted by molar-refractivity contribution is 0.313. The highest BCUT2D eigenvalue weighted by atomic mass is 79.9. The summed E-state index contributed by atoms with van der Waals surface area (Å²) >= 11 is 7.18. The Morgan fingerprint density at radius 3 is 2.89 bits per heavy atom. The van der Waals surface area contributed by atoms with Crippen molar-refractivity contribution in [2.45, 2.75) is 13.3 Å². The van der Waals surface area contributed by atoms with Crippen molar-refractivity contribution in [3.8, 4) is 0 Å². The number of rotatable bonds is 3. The molecule has 1 aromatic heterocycles. The molecule has 3 nitrogen and oxygen atoms in total. The fourth-order valence-corrected chi connectivity index (χ4v) is 3.26. The van der Waals surface area contributed by atoms with Crippen molar-refractivity contribution >= 4 is 37.7 Å². The van der Waals surface area contributed by atoms with Gasteiger partial charge >= 0.3 is 0 Å². The second kappa shape index (κ2) is 6.87. The molecule has 2 heterocycles. The topological polar surface area (TPSA) is 19.4 Å². The van der Waals surface area contributed by atoms with Crippen LogP contribution < -0.4 is 4.90 Å². The number of halogens is 2. The van der Waals surface area contributed by atoms with Crippen LogP contribution in [0.5, 0.6) is 0 Å². The maximum absolute atomic E-state index is 4.53. The Bertz CT molecular complexity index is 398. The number of alkyl halides is 1. The summed E-state index contributed by atoms with van der Waals surface area (Å²) in [6.45, 7) is 7.70.